The zero-order valence-corrected chi connectivity index (χ0v) is 14.8. The van der Waals surface area contributed by atoms with Crippen molar-refractivity contribution in [3.63, 3.8) is 0 Å². The van der Waals surface area contributed by atoms with Crippen LogP contribution in [0.1, 0.15) is 11.5 Å². The molecule has 5 nitrogen and oxygen atoms in total. The molecule has 1 aliphatic heterocycles. The maximum atomic E-state index is 13.0. The third-order valence-electron chi connectivity index (χ3n) is 4.32. The van der Waals surface area contributed by atoms with Gasteiger partial charge in [0.2, 0.25) is 10.0 Å². The SMILES string of the molecule is COc1ccc(Cl)c(S(=O)(=O)N2C[C@@H](N)[C@H](c3ccccc3)C2)c1. The van der Waals surface area contributed by atoms with Crippen molar-refractivity contribution in [2.45, 2.75) is 16.9 Å². The highest BCUT2D eigenvalue weighted by Crippen LogP contribution is 2.34. The fourth-order valence-electron chi connectivity index (χ4n) is 2.99. The molecular weight excluding hydrogens is 348 g/mol. The van der Waals surface area contributed by atoms with Gasteiger partial charge in [-0.15, -0.1) is 0 Å². The van der Waals surface area contributed by atoms with Crippen molar-refractivity contribution < 1.29 is 13.2 Å². The van der Waals surface area contributed by atoms with Crippen LogP contribution in [0.5, 0.6) is 5.75 Å². The molecule has 1 aliphatic rings. The molecule has 0 amide bonds. The summed E-state index contributed by atoms with van der Waals surface area (Å²) in [6.45, 7) is 0.594. The van der Waals surface area contributed by atoms with Gasteiger partial charge < -0.3 is 10.5 Å². The highest BCUT2D eigenvalue weighted by molar-refractivity contribution is 7.89. The van der Waals surface area contributed by atoms with Crippen LogP contribution in [-0.4, -0.2) is 39.0 Å². The van der Waals surface area contributed by atoms with E-state index in [1.165, 1.54) is 23.5 Å². The number of nitrogens with two attached hydrogens (primary N) is 1. The van der Waals surface area contributed by atoms with E-state index in [-0.39, 0.29) is 28.4 Å². The Morgan fingerprint density at radius 1 is 1.17 bits per heavy atom. The predicted molar refractivity (Wildman–Crippen MR) is 93.9 cm³/mol. The Labute approximate surface area is 147 Å². The topological polar surface area (TPSA) is 72.6 Å². The fraction of sp³-hybridized carbons (Fsp3) is 0.294. The molecule has 2 aromatic rings. The summed E-state index contributed by atoms with van der Waals surface area (Å²) in [5, 5.41) is 0.174. The first-order chi connectivity index (χ1) is 11.4. The third-order valence-corrected chi connectivity index (χ3v) is 6.63. The van der Waals surface area contributed by atoms with E-state index in [0.29, 0.717) is 12.3 Å². The molecular formula is C17H19ClN2O3S. The second-order valence-electron chi connectivity index (χ2n) is 5.80. The first-order valence-electron chi connectivity index (χ1n) is 7.57. The largest absolute Gasteiger partial charge is 0.497 e. The number of sulfonamides is 1. The van der Waals surface area contributed by atoms with Gasteiger partial charge in [-0.05, 0) is 17.7 Å². The highest BCUT2D eigenvalue weighted by atomic mass is 35.5. The minimum Gasteiger partial charge on any atom is -0.497 e. The van der Waals surface area contributed by atoms with Gasteiger partial charge in [-0.2, -0.15) is 4.31 Å². The standard InChI is InChI=1S/C17H19ClN2O3S/c1-23-13-7-8-15(18)17(9-13)24(21,22)20-10-14(16(19)11-20)12-5-3-2-4-6-12/h2-9,14,16H,10-11,19H2,1H3/t14-,16+/m0/s1. The van der Waals surface area contributed by atoms with Gasteiger partial charge in [0.05, 0.1) is 12.1 Å². The molecule has 2 atom stereocenters. The van der Waals surface area contributed by atoms with E-state index >= 15 is 0 Å². The molecule has 7 heteroatoms. The number of nitrogens with zero attached hydrogens (tertiary/aromatic N) is 1. The molecule has 2 aromatic carbocycles. The molecule has 24 heavy (non-hydrogen) atoms. The maximum absolute atomic E-state index is 13.0. The van der Waals surface area contributed by atoms with Crippen molar-refractivity contribution in [3.8, 4) is 5.75 Å². The summed E-state index contributed by atoms with van der Waals surface area (Å²) in [7, 11) is -2.25. The second kappa shape index (κ2) is 6.72. The van der Waals surface area contributed by atoms with Crippen molar-refractivity contribution in [3.05, 3.63) is 59.1 Å². The molecule has 1 fully saturated rings. The van der Waals surface area contributed by atoms with E-state index in [1.54, 1.807) is 6.07 Å². The normalized spacial score (nSPS) is 21.8. The van der Waals surface area contributed by atoms with Crippen molar-refractivity contribution in [1.82, 2.24) is 4.31 Å². The van der Waals surface area contributed by atoms with Crippen LogP contribution in [0, 0.1) is 0 Å². The Kier molecular flexibility index (Phi) is 4.83. The molecule has 0 bridgehead atoms. The summed E-state index contributed by atoms with van der Waals surface area (Å²) in [5.41, 5.74) is 7.25. The Balaban J connectivity index is 1.92. The number of halogens is 1. The molecule has 128 valence electrons. The van der Waals surface area contributed by atoms with Crippen LogP contribution >= 0.6 is 11.6 Å². The summed E-state index contributed by atoms with van der Waals surface area (Å²) in [6, 6.07) is 14.1. The molecule has 1 heterocycles. The van der Waals surface area contributed by atoms with E-state index in [9.17, 15) is 8.42 Å². The van der Waals surface area contributed by atoms with Crippen LogP contribution in [0.4, 0.5) is 0 Å². The number of benzene rings is 2. The second-order valence-corrected chi connectivity index (χ2v) is 8.11. The lowest BCUT2D eigenvalue weighted by Crippen LogP contribution is -2.32. The molecule has 0 unspecified atom stereocenters. The van der Waals surface area contributed by atoms with Crippen molar-refractivity contribution in [2.24, 2.45) is 5.73 Å². The quantitative estimate of drug-likeness (QED) is 0.902. The van der Waals surface area contributed by atoms with E-state index < -0.39 is 10.0 Å². The lowest BCUT2D eigenvalue weighted by molar-refractivity contribution is 0.412. The van der Waals surface area contributed by atoms with E-state index in [4.69, 9.17) is 22.1 Å². The number of hydrogen-bond acceptors (Lipinski definition) is 4. The zero-order valence-electron chi connectivity index (χ0n) is 13.2. The van der Waals surface area contributed by atoms with E-state index in [0.717, 1.165) is 5.56 Å². The van der Waals surface area contributed by atoms with Crippen LogP contribution in [0.15, 0.2) is 53.4 Å². The third kappa shape index (κ3) is 3.15. The van der Waals surface area contributed by atoms with Crippen LogP contribution in [-0.2, 0) is 10.0 Å². The summed E-state index contributed by atoms with van der Waals surface area (Å²) in [4.78, 5) is 0.0458. The minimum absolute atomic E-state index is 0.0367. The molecule has 2 N–H and O–H groups in total. The van der Waals surface area contributed by atoms with Gasteiger partial charge in [-0.1, -0.05) is 41.9 Å². The van der Waals surface area contributed by atoms with Crippen molar-refractivity contribution in [2.75, 3.05) is 20.2 Å². The van der Waals surface area contributed by atoms with Crippen molar-refractivity contribution in [1.29, 1.82) is 0 Å². The van der Waals surface area contributed by atoms with Crippen LogP contribution in [0.3, 0.4) is 0 Å². The highest BCUT2D eigenvalue weighted by Gasteiger charge is 2.39. The average molecular weight is 367 g/mol. The molecule has 0 saturated carbocycles. The fourth-order valence-corrected chi connectivity index (χ4v) is 4.98. The average Bonchev–Trinajstić information content (AvgIpc) is 2.98. The molecule has 1 saturated heterocycles. The van der Waals surface area contributed by atoms with Gasteiger partial charge in [0.1, 0.15) is 10.6 Å². The van der Waals surface area contributed by atoms with E-state index in [2.05, 4.69) is 0 Å². The Morgan fingerprint density at radius 3 is 2.54 bits per heavy atom. The Bertz CT molecular complexity index is 827. The van der Waals surface area contributed by atoms with Gasteiger partial charge in [-0.3, -0.25) is 0 Å². The molecule has 3 rings (SSSR count). The van der Waals surface area contributed by atoms with Gasteiger partial charge in [0.15, 0.2) is 0 Å². The maximum Gasteiger partial charge on any atom is 0.244 e. The van der Waals surface area contributed by atoms with Crippen LogP contribution < -0.4 is 10.5 Å². The predicted octanol–water partition coefficient (Wildman–Crippen LogP) is 2.46. The number of hydrogen-bond donors (Lipinski definition) is 1. The van der Waals surface area contributed by atoms with Crippen LogP contribution in [0.25, 0.3) is 0 Å². The summed E-state index contributed by atoms with van der Waals surface area (Å²) in [6.07, 6.45) is 0. The minimum atomic E-state index is -3.73. The molecule has 0 aliphatic carbocycles. The van der Waals surface area contributed by atoms with Gasteiger partial charge >= 0.3 is 0 Å². The zero-order chi connectivity index (χ0) is 17.3. The number of methoxy groups -OCH3 is 1. The monoisotopic (exact) mass is 366 g/mol. The number of rotatable bonds is 4. The molecule has 0 spiro atoms. The van der Waals surface area contributed by atoms with Gasteiger partial charge in [0, 0.05) is 31.1 Å². The summed E-state index contributed by atoms with van der Waals surface area (Å²) in [5.74, 6) is 0.409. The first kappa shape index (κ1) is 17.2. The molecule has 0 aromatic heterocycles. The summed E-state index contributed by atoms with van der Waals surface area (Å²) >= 11 is 6.11. The smallest absolute Gasteiger partial charge is 0.244 e. The lowest BCUT2D eigenvalue weighted by atomic mass is 9.95. The van der Waals surface area contributed by atoms with Gasteiger partial charge in [-0.25, -0.2) is 8.42 Å². The summed E-state index contributed by atoms with van der Waals surface area (Å²) < 4.78 is 32.5. The van der Waals surface area contributed by atoms with Crippen LogP contribution in [0.2, 0.25) is 5.02 Å². The Morgan fingerprint density at radius 2 is 1.88 bits per heavy atom. The lowest BCUT2D eigenvalue weighted by Gasteiger charge is -2.18. The first-order valence-corrected chi connectivity index (χ1v) is 9.39. The Hall–Kier alpha value is -1.60. The molecule has 0 radical (unpaired) electrons. The van der Waals surface area contributed by atoms with Crippen molar-refractivity contribution >= 4 is 21.6 Å². The van der Waals surface area contributed by atoms with E-state index in [1.807, 2.05) is 30.3 Å². The van der Waals surface area contributed by atoms with Gasteiger partial charge in [0.25, 0.3) is 0 Å². The number of ether oxygens (including phenoxy) is 1.